The molecule has 0 aliphatic rings. The number of hydrogen-bond donors (Lipinski definition) is 0. The number of rotatable bonds is 1. The zero-order valence-electron chi connectivity index (χ0n) is 14.5. The molecule has 112 valence electrons. The highest BCUT2D eigenvalue weighted by Gasteiger charge is 2.20. The largest absolute Gasteiger partial charge is 0.0614 e. The molecule has 0 fully saturated rings. The van der Waals surface area contributed by atoms with E-state index in [0.29, 0.717) is 0 Å². The summed E-state index contributed by atoms with van der Waals surface area (Å²) in [5, 5.41) is 0. The minimum atomic E-state index is 0.167. The van der Waals surface area contributed by atoms with E-state index in [0.717, 1.165) is 0 Å². The molecule has 0 bridgehead atoms. The van der Waals surface area contributed by atoms with Crippen molar-refractivity contribution in [2.45, 2.75) is 59.3 Å². The minimum absolute atomic E-state index is 0.167. The molecular weight excluding hydrogens is 252 g/mol. The summed E-state index contributed by atoms with van der Waals surface area (Å²) in [6.45, 7) is 15.9. The van der Waals surface area contributed by atoms with Crippen molar-refractivity contribution in [1.29, 1.82) is 0 Å². The first-order valence-corrected chi connectivity index (χ1v) is 7.80. The Labute approximate surface area is 130 Å². The Morgan fingerprint density at radius 2 is 1.14 bits per heavy atom. The van der Waals surface area contributed by atoms with Gasteiger partial charge in [-0.05, 0) is 40.0 Å². The number of aryl methyl sites for hydroxylation is 1. The molecule has 0 atom stereocenters. The first-order chi connectivity index (χ1) is 9.57. The molecule has 0 spiro atoms. The van der Waals surface area contributed by atoms with Crippen LogP contribution in [0.25, 0.3) is 11.1 Å². The quantitative estimate of drug-likeness (QED) is 0.578. The zero-order chi connectivity index (χ0) is 15.8. The van der Waals surface area contributed by atoms with Gasteiger partial charge < -0.3 is 0 Å². The first-order valence-electron chi connectivity index (χ1n) is 7.80. The van der Waals surface area contributed by atoms with Crippen molar-refractivity contribution in [3.05, 3.63) is 59.2 Å². The molecular formula is C21H28. The SMILES string of the molecule is Cc1cccc(-c2cc(C(C)(C)C)cc(C(C)(C)C)c2)c1. The molecule has 2 rings (SSSR count). The highest BCUT2D eigenvalue weighted by molar-refractivity contribution is 5.66. The maximum Gasteiger partial charge on any atom is -0.0132 e. The Morgan fingerprint density at radius 3 is 1.57 bits per heavy atom. The van der Waals surface area contributed by atoms with Crippen molar-refractivity contribution < 1.29 is 0 Å². The molecule has 0 saturated heterocycles. The zero-order valence-corrected chi connectivity index (χ0v) is 14.5. The van der Waals surface area contributed by atoms with Crippen molar-refractivity contribution >= 4 is 0 Å². The molecule has 0 radical (unpaired) electrons. The van der Waals surface area contributed by atoms with Crippen LogP contribution in [0.1, 0.15) is 58.2 Å². The van der Waals surface area contributed by atoms with Crippen LogP contribution in [-0.2, 0) is 10.8 Å². The van der Waals surface area contributed by atoms with Crippen LogP contribution in [0.15, 0.2) is 42.5 Å². The summed E-state index contributed by atoms with van der Waals surface area (Å²) in [5.74, 6) is 0. The second-order valence-electron chi connectivity index (χ2n) is 8.17. The van der Waals surface area contributed by atoms with Crippen molar-refractivity contribution in [3.63, 3.8) is 0 Å². The molecule has 0 N–H and O–H groups in total. The lowest BCUT2D eigenvalue weighted by Gasteiger charge is -2.26. The fraction of sp³-hybridized carbons (Fsp3) is 0.429. The molecule has 0 amide bonds. The second-order valence-corrected chi connectivity index (χ2v) is 8.17. The minimum Gasteiger partial charge on any atom is -0.0614 e. The van der Waals surface area contributed by atoms with Gasteiger partial charge in [0.25, 0.3) is 0 Å². The summed E-state index contributed by atoms with van der Waals surface area (Å²) in [5.41, 5.74) is 7.10. The van der Waals surface area contributed by atoms with Crippen molar-refractivity contribution in [2.75, 3.05) is 0 Å². The Bertz CT molecular complexity index is 602. The van der Waals surface area contributed by atoms with Gasteiger partial charge in [-0.3, -0.25) is 0 Å². The smallest absolute Gasteiger partial charge is 0.0132 e. The molecule has 0 heteroatoms. The van der Waals surface area contributed by atoms with Gasteiger partial charge in [-0.25, -0.2) is 0 Å². The van der Waals surface area contributed by atoms with E-state index in [9.17, 15) is 0 Å². The topological polar surface area (TPSA) is 0 Å². The van der Waals surface area contributed by atoms with E-state index in [-0.39, 0.29) is 10.8 Å². The average molecular weight is 280 g/mol. The fourth-order valence-corrected chi connectivity index (χ4v) is 2.48. The third-order valence-electron chi connectivity index (χ3n) is 4.02. The van der Waals surface area contributed by atoms with Gasteiger partial charge in [0.15, 0.2) is 0 Å². The van der Waals surface area contributed by atoms with Crippen LogP contribution >= 0.6 is 0 Å². The predicted octanol–water partition coefficient (Wildman–Crippen LogP) is 6.26. The molecule has 0 aliphatic heterocycles. The third-order valence-corrected chi connectivity index (χ3v) is 4.02. The van der Waals surface area contributed by atoms with Gasteiger partial charge >= 0.3 is 0 Å². The van der Waals surface area contributed by atoms with Crippen LogP contribution in [0.4, 0.5) is 0 Å². The van der Waals surface area contributed by atoms with E-state index in [1.807, 2.05) is 0 Å². The van der Waals surface area contributed by atoms with Crippen LogP contribution in [0.2, 0.25) is 0 Å². The van der Waals surface area contributed by atoms with E-state index < -0.39 is 0 Å². The lowest BCUT2D eigenvalue weighted by Crippen LogP contribution is -2.16. The fourth-order valence-electron chi connectivity index (χ4n) is 2.48. The van der Waals surface area contributed by atoms with E-state index in [1.54, 1.807) is 0 Å². The summed E-state index contributed by atoms with van der Waals surface area (Å²) >= 11 is 0. The summed E-state index contributed by atoms with van der Waals surface area (Å²) in [7, 11) is 0. The summed E-state index contributed by atoms with van der Waals surface area (Å²) < 4.78 is 0. The van der Waals surface area contributed by atoms with Gasteiger partial charge in [-0.2, -0.15) is 0 Å². The van der Waals surface area contributed by atoms with Crippen LogP contribution in [0.3, 0.4) is 0 Å². The van der Waals surface area contributed by atoms with E-state index in [2.05, 4.69) is 90.9 Å². The van der Waals surface area contributed by atoms with Crippen LogP contribution < -0.4 is 0 Å². The van der Waals surface area contributed by atoms with E-state index >= 15 is 0 Å². The molecule has 0 heterocycles. The maximum absolute atomic E-state index is 2.37. The summed E-state index contributed by atoms with van der Waals surface area (Å²) in [6.07, 6.45) is 0. The first kappa shape index (κ1) is 15.8. The van der Waals surface area contributed by atoms with Crippen molar-refractivity contribution in [1.82, 2.24) is 0 Å². The normalized spacial score (nSPS) is 12.5. The average Bonchev–Trinajstić information content (AvgIpc) is 2.36. The predicted molar refractivity (Wildman–Crippen MR) is 94.0 cm³/mol. The Hall–Kier alpha value is -1.56. The van der Waals surface area contributed by atoms with Crippen molar-refractivity contribution in [3.8, 4) is 11.1 Å². The Morgan fingerprint density at radius 1 is 0.619 bits per heavy atom. The Kier molecular flexibility index (Phi) is 4.02. The monoisotopic (exact) mass is 280 g/mol. The van der Waals surface area contributed by atoms with Crippen LogP contribution in [-0.4, -0.2) is 0 Å². The molecule has 0 aliphatic carbocycles. The van der Waals surface area contributed by atoms with Crippen molar-refractivity contribution in [2.24, 2.45) is 0 Å². The van der Waals surface area contributed by atoms with Gasteiger partial charge in [0.2, 0.25) is 0 Å². The number of hydrogen-bond acceptors (Lipinski definition) is 0. The molecule has 0 saturated carbocycles. The highest BCUT2D eigenvalue weighted by Crippen LogP contribution is 2.34. The van der Waals surface area contributed by atoms with Gasteiger partial charge in [0.05, 0.1) is 0 Å². The lowest BCUT2D eigenvalue weighted by molar-refractivity contribution is 0.569. The van der Waals surface area contributed by atoms with Crippen LogP contribution in [0.5, 0.6) is 0 Å². The molecule has 21 heavy (non-hydrogen) atoms. The van der Waals surface area contributed by atoms with E-state index in [1.165, 1.54) is 27.8 Å². The number of benzene rings is 2. The highest BCUT2D eigenvalue weighted by atomic mass is 14.2. The molecule has 2 aromatic rings. The third kappa shape index (κ3) is 3.75. The van der Waals surface area contributed by atoms with Gasteiger partial charge in [-0.15, -0.1) is 0 Å². The van der Waals surface area contributed by atoms with E-state index in [4.69, 9.17) is 0 Å². The van der Waals surface area contributed by atoms with Gasteiger partial charge in [-0.1, -0.05) is 89.6 Å². The second kappa shape index (κ2) is 5.33. The lowest BCUT2D eigenvalue weighted by atomic mass is 9.79. The van der Waals surface area contributed by atoms with Gasteiger partial charge in [0.1, 0.15) is 0 Å². The summed E-state index contributed by atoms with van der Waals surface area (Å²) in [6, 6.07) is 15.9. The molecule has 0 unspecified atom stereocenters. The summed E-state index contributed by atoms with van der Waals surface area (Å²) in [4.78, 5) is 0. The van der Waals surface area contributed by atoms with Gasteiger partial charge in [0, 0.05) is 0 Å². The standard InChI is InChI=1S/C21H28/c1-15-9-8-10-16(11-15)17-12-18(20(2,3)4)14-19(13-17)21(5,6)7/h8-14H,1-7H3. The molecule has 2 aromatic carbocycles. The molecule has 0 nitrogen and oxygen atoms in total. The van der Waals surface area contributed by atoms with Crippen LogP contribution in [0, 0.1) is 6.92 Å². The Balaban J connectivity index is 2.66. The molecule has 0 aromatic heterocycles. The maximum atomic E-state index is 2.37.